The zero-order valence-corrected chi connectivity index (χ0v) is 10.6. The summed E-state index contributed by atoms with van der Waals surface area (Å²) in [5.74, 6) is 4.97. The molecular weight excluding hydrogens is 242 g/mol. The van der Waals surface area contributed by atoms with E-state index in [9.17, 15) is 0 Å². The third kappa shape index (κ3) is 1.87. The summed E-state index contributed by atoms with van der Waals surface area (Å²) in [5, 5.41) is 4.48. The second kappa shape index (κ2) is 4.23. The van der Waals surface area contributed by atoms with Crippen LogP contribution in [-0.2, 0) is 5.54 Å². The lowest BCUT2D eigenvalue weighted by atomic mass is 9.78. The highest BCUT2D eigenvalue weighted by Gasteiger charge is 2.40. The van der Waals surface area contributed by atoms with E-state index in [4.69, 9.17) is 10.3 Å². The Balaban J connectivity index is 1.76. The molecule has 4 nitrogen and oxygen atoms in total. The van der Waals surface area contributed by atoms with E-state index < -0.39 is 0 Å². The van der Waals surface area contributed by atoms with Crippen LogP contribution in [0.5, 0.6) is 0 Å². The monoisotopic (exact) mass is 257 g/mol. The van der Waals surface area contributed by atoms with Crippen LogP contribution in [0.25, 0.3) is 0 Å². The summed E-state index contributed by atoms with van der Waals surface area (Å²) in [7, 11) is 0. The summed E-state index contributed by atoms with van der Waals surface area (Å²) in [6.45, 7) is 0. The smallest absolute Gasteiger partial charge is 0.246 e. The lowest BCUT2D eigenvalue weighted by molar-refractivity contribution is 0.181. The number of rotatable bonds is 2. The summed E-state index contributed by atoms with van der Waals surface area (Å²) in [6, 6.07) is 0. The molecule has 1 saturated heterocycles. The van der Waals surface area contributed by atoms with Gasteiger partial charge in [-0.1, -0.05) is 5.16 Å². The summed E-state index contributed by atoms with van der Waals surface area (Å²) in [5.41, 5.74) is 5.84. The first-order valence-corrected chi connectivity index (χ1v) is 7.81. The van der Waals surface area contributed by atoms with Crippen molar-refractivity contribution in [3.63, 3.8) is 0 Å². The van der Waals surface area contributed by atoms with E-state index in [0.717, 1.165) is 24.4 Å². The fourth-order valence-corrected chi connectivity index (χ4v) is 4.57. The van der Waals surface area contributed by atoms with Crippen LogP contribution in [0, 0.1) is 0 Å². The normalized spacial score (nSPS) is 28.7. The molecule has 88 valence electrons. The van der Waals surface area contributed by atoms with Gasteiger partial charge >= 0.3 is 0 Å². The van der Waals surface area contributed by atoms with Crippen molar-refractivity contribution in [2.75, 3.05) is 17.3 Å². The maximum absolute atomic E-state index is 6.16. The van der Waals surface area contributed by atoms with Crippen LogP contribution in [-0.4, -0.2) is 27.4 Å². The first-order valence-electron chi connectivity index (χ1n) is 5.60. The Morgan fingerprint density at radius 2 is 2.25 bits per heavy atom. The predicted octanol–water partition coefficient (Wildman–Crippen LogP) is 1.93. The fraction of sp³-hybridized carbons (Fsp3) is 0.800. The number of nitrogens with two attached hydrogens (primary N) is 1. The zero-order chi connectivity index (χ0) is 11.0. The Hall–Kier alpha value is -0.200. The summed E-state index contributed by atoms with van der Waals surface area (Å²) in [6.07, 6.45) is 3.12. The van der Waals surface area contributed by atoms with E-state index in [1.54, 1.807) is 0 Å². The Kier molecular flexibility index (Phi) is 2.89. The molecule has 1 atom stereocenters. The van der Waals surface area contributed by atoms with E-state index in [2.05, 4.69) is 10.1 Å². The Bertz CT molecular complexity index is 372. The molecule has 2 N–H and O–H groups in total. The fourth-order valence-electron chi connectivity index (χ4n) is 1.98. The minimum atomic E-state index is -0.322. The van der Waals surface area contributed by atoms with Crippen LogP contribution in [0.4, 0.5) is 0 Å². The molecule has 0 spiro atoms. The molecule has 0 amide bonds. The highest BCUT2D eigenvalue weighted by molar-refractivity contribution is 8.06. The molecule has 1 unspecified atom stereocenters. The van der Waals surface area contributed by atoms with Gasteiger partial charge in [0.15, 0.2) is 5.82 Å². The molecule has 1 aromatic heterocycles. The van der Waals surface area contributed by atoms with Crippen molar-refractivity contribution in [3.8, 4) is 0 Å². The van der Waals surface area contributed by atoms with Gasteiger partial charge < -0.3 is 10.3 Å². The van der Waals surface area contributed by atoms with Crippen LogP contribution in [0.15, 0.2) is 4.52 Å². The lowest BCUT2D eigenvalue weighted by Crippen LogP contribution is -2.43. The number of hydrogen-bond acceptors (Lipinski definition) is 6. The average Bonchev–Trinajstić information content (AvgIpc) is 2.77. The van der Waals surface area contributed by atoms with Gasteiger partial charge in [-0.3, -0.25) is 0 Å². The average molecular weight is 257 g/mol. The van der Waals surface area contributed by atoms with Gasteiger partial charge in [0.05, 0.1) is 10.8 Å². The lowest BCUT2D eigenvalue weighted by Gasteiger charge is -2.33. The van der Waals surface area contributed by atoms with Crippen molar-refractivity contribution in [1.82, 2.24) is 10.1 Å². The standard InChI is InChI=1S/C10H15N3OS2/c11-10(2-1-3-10)9-12-8(13-14-9)7-6-15-4-5-16-7/h7H,1-6,11H2. The Labute approximate surface area is 103 Å². The van der Waals surface area contributed by atoms with Crippen LogP contribution in [0.1, 0.15) is 36.2 Å². The largest absolute Gasteiger partial charge is 0.337 e. The van der Waals surface area contributed by atoms with Crippen molar-refractivity contribution in [2.24, 2.45) is 5.73 Å². The molecule has 0 radical (unpaired) electrons. The highest BCUT2D eigenvalue weighted by atomic mass is 32.2. The van der Waals surface area contributed by atoms with Crippen molar-refractivity contribution in [3.05, 3.63) is 11.7 Å². The van der Waals surface area contributed by atoms with Crippen LogP contribution in [0.2, 0.25) is 0 Å². The van der Waals surface area contributed by atoms with Gasteiger partial charge in [-0.15, -0.1) is 11.8 Å². The molecular formula is C10H15N3OS2. The van der Waals surface area contributed by atoms with E-state index in [-0.39, 0.29) is 5.54 Å². The molecule has 6 heteroatoms. The predicted molar refractivity (Wildman–Crippen MR) is 66.5 cm³/mol. The summed E-state index contributed by atoms with van der Waals surface area (Å²) < 4.78 is 5.32. The Morgan fingerprint density at radius 3 is 2.88 bits per heavy atom. The summed E-state index contributed by atoms with van der Waals surface area (Å²) in [4.78, 5) is 4.49. The quantitative estimate of drug-likeness (QED) is 0.873. The molecule has 0 bridgehead atoms. The van der Waals surface area contributed by atoms with Crippen molar-refractivity contribution >= 4 is 23.5 Å². The molecule has 1 saturated carbocycles. The summed E-state index contributed by atoms with van der Waals surface area (Å²) >= 11 is 3.88. The molecule has 2 aliphatic rings. The van der Waals surface area contributed by atoms with Crippen LogP contribution < -0.4 is 5.73 Å². The maximum Gasteiger partial charge on any atom is 0.246 e. The van der Waals surface area contributed by atoms with E-state index >= 15 is 0 Å². The van der Waals surface area contributed by atoms with E-state index in [1.807, 2.05) is 23.5 Å². The van der Waals surface area contributed by atoms with Gasteiger partial charge in [0.2, 0.25) is 5.89 Å². The van der Waals surface area contributed by atoms with Crippen molar-refractivity contribution in [2.45, 2.75) is 30.1 Å². The number of nitrogens with zero attached hydrogens (tertiary/aromatic N) is 2. The van der Waals surface area contributed by atoms with Crippen molar-refractivity contribution in [1.29, 1.82) is 0 Å². The third-order valence-corrected chi connectivity index (χ3v) is 5.97. The van der Waals surface area contributed by atoms with E-state index in [1.165, 1.54) is 17.9 Å². The minimum absolute atomic E-state index is 0.322. The number of thioether (sulfide) groups is 2. The molecule has 1 aliphatic heterocycles. The minimum Gasteiger partial charge on any atom is -0.337 e. The molecule has 2 heterocycles. The highest BCUT2D eigenvalue weighted by Crippen LogP contribution is 2.40. The molecule has 1 aromatic rings. The SMILES string of the molecule is NC1(c2nc(C3CSCCS3)no2)CCC1. The van der Waals surface area contributed by atoms with Gasteiger partial charge in [-0.05, 0) is 19.3 Å². The van der Waals surface area contributed by atoms with Crippen LogP contribution >= 0.6 is 23.5 Å². The molecule has 3 rings (SSSR count). The van der Waals surface area contributed by atoms with Gasteiger partial charge in [-0.25, -0.2) is 0 Å². The molecule has 0 aromatic carbocycles. The molecule has 2 fully saturated rings. The number of hydrogen-bond donors (Lipinski definition) is 1. The second-order valence-corrected chi connectivity index (χ2v) is 6.86. The maximum atomic E-state index is 6.16. The van der Waals surface area contributed by atoms with Crippen LogP contribution in [0.3, 0.4) is 0 Å². The number of aromatic nitrogens is 2. The van der Waals surface area contributed by atoms with Crippen molar-refractivity contribution < 1.29 is 4.52 Å². The Morgan fingerprint density at radius 1 is 1.38 bits per heavy atom. The first kappa shape index (κ1) is 10.9. The molecule has 1 aliphatic carbocycles. The van der Waals surface area contributed by atoms with Gasteiger partial charge in [-0.2, -0.15) is 16.7 Å². The zero-order valence-electron chi connectivity index (χ0n) is 9.02. The van der Waals surface area contributed by atoms with Gasteiger partial charge in [0.1, 0.15) is 0 Å². The third-order valence-electron chi connectivity index (χ3n) is 3.22. The topological polar surface area (TPSA) is 64.9 Å². The first-order chi connectivity index (χ1) is 7.78. The van der Waals surface area contributed by atoms with Gasteiger partial charge in [0.25, 0.3) is 0 Å². The molecule has 16 heavy (non-hydrogen) atoms. The van der Waals surface area contributed by atoms with E-state index in [0.29, 0.717) is 11.1 Å². The second-order valence-electron chi connectivity index (χ2n) is 4.40. The van der Waals surface area contributed by atoms with Gasteiger partial charge in [0, 0.05) is 17.3 Å².